The van der Waals surface area contributed by atoms with Gasteiger partial charge in [0.05, 0.1) is 29.8 Å². The van der Waals surface area contributed by atoms with Crippen LogP contribution >= 0.6 is 0 Å². The van der Waals surface area contributed by atoms with Crippen LogP contribution in [0.3, 0.4) is 0 Å². The number of aryl methyl sites for hydroxylation is 1. The smallest absolute Gasteiger partial charge is 0.349 e. The zero-order valence-corrected chi connectivity index (χ0v) is 24.1. The van der Waals surface area contributed by atoms with Gasteiger partial charge in [0.25, 0.3) is 0 Å². The first-order valence-corrected chi connectivity index (χ1v) is 14.8. The predicted octanol–water partition coefficient (Wildman–Crippen LogP) is 4.73. The van der Waals surface area contributed by atoms with Crippen LogP contribution < -0.4 is 15.3 Å². The fourth-order valence-electron chi connectivity index (χ4n) is 7.33. The fourth-order valence-corrected chi connectivity index (χ4v) is 7.33. The van der Waals surface area contributed by atoms with Gasteiger partial charge in [0.1, 0.15) is 35.5 Å². The third kappa shape index (κ3) is 4.22. The van der Waals surface area contributed by atoms with E-state index in [0.717, 1.165) is 25.1 Å². The second-order valence-electron chi connectivity index (χ2n) is 12.1. The molecule has 0 amide bonds. The van der Waals surface area contributed by atoms with E-state index in [1.807, 2.05) is 15.6 Å². The van der Waals surface area contributed by atoms with Crippen LogP contribution in [0.15, 0.2) is 51.8 Å². The average Bonchev–Trinajstić information content (AvgIpc) is 3.71. The molecule has 1 N–H and O–H groups in total. The molecular formula is C32H30F2N6O4. The number of alkyl halides is 1. The average molecular weight is 601 g/mol. The molecule has 2 aromatic carbocycles. The number of aromatic hydroxyl groups is 1. The molecule has 0 unspecified atom stereocenters. The van der Waals surface area contributed by atoms with E-state index < -0.39 is 23.2 Å². The summed E-state index contributed by atoms with van der Waals surface area (Å²) in [6, 6.07) is 9.39. The van der Waals surface area contributed by atoms with E-state index in [-0.39, 0.29) is 40.5 Å². The summed E-state index contributed by atoms with van der Waals surface area (Å²) in [5.41, 5.74) is 0.869. The van der Waals surface area contributed by atoms with Crippen molar-refractivity contribution in [2.24, 2.45) is 0 Å². The SMILES string of the molecule is Cc1c(-c2cc(O)cc3cccc(F)c23)oc(=O)c2c(N3CCn4nccc4C3)nc(OC[C@@]34CCCN3C[C@H](F)C4)nc12. The van der Waals surface area contributed by atoms with Crippen LogP contribution in [0.2, 0.25) is 0 Å². The van der Waals surface area contributed by atoms with Crippen molar-refractivity contribution in [3.8, 4) is 23.1 Å². The van der Waals surface area contributed by atoms with Gasteiger partial charge in [0.15, 0.2) is 5.82 Å². The van der Waals surface area contributed by atoms with E-state index in [9.17, 15) is 14.3 Å². The highest BCUT2D eigenvalue weighted by Gasteiger charge is 2.49. The molecular weight excluding hydrogens is 570 g/mol. The molecule has 3 aromatic heterocycles. The second kappa shape index (κ2) is 9.98. The maximum absolute atomic E-state index is 15.2. The normalized spacial score (nSPS) is 21.7. The lowest BCUT2D eigenvalue weighted by atomic mass is 9.95. The summed E-state index contributed by atoms with van der Waals surface area (Å²) in [4.78, 5) is 27.4. The van der Waals surface area contributed by atoms with Crippen molar-refractivity contribution >= 4 is 27.5 Å². The Labute approximate surface area is 250 Å². The third-order valence-electron chi connectivity index (χ3n) is 9.39. The number of anilines is 1. The van der Waals surface area contributed by atoms with Gasteiger partial charge in [0, 0.05) is 42.2 Å². The second-order valence-corrected chi connectivity index (χ2v) is 12.1. The molecule has 226 valence electrons. The minimum atomic E-state index is -0.905. The van der Waals surface area contributed by atoms with Crippen LogP contribution in [0.1, 0.15) is 30.5 Å². The molecule has 0 radical (unpaired) electrons. The van der Waals surface area contributed by atoms with Crippen molar-refractivity contribution < 1.29 is 23.0 Å². The van der Waals surface area contributed by atoms with Crippen molar-refractivity contribution in [1.29, 1.82) is 0 Å². The minimum absolute atomic E-state index is 0.0710. The molecule has 0 saturated carbocycles. The number of benzene rings is 2. The van der Waals surface area contributed by atoms with Gasteiger partial charge in [-0.25, -0.2) is 13.6 Å². The molecule has 6 heterocycles. The third-order valence-corrected chi connectivity index (χ3v) is 9.39. The van der Waals surface area contributed by atoms with Crippen LogP contribution in [0.25, 0.3) is 33.0 Å². The Morgan fingerprint density at radius 2 is 2.05 bits per heavy atom. The van der Waals surface area contributed by atoms with Gasteiger partial charge in [-0.3, -0.25) is 9.58 Å². The lowest BCUT2D eigenvalue weighted by Crippen LogP contribution is -2.43. The quantitative estimate of drug-likeness (QED) is 0.306. The Morgan fingerprint density at radius 1 is 1.16 bits per heavy atom. The Morgan fingerprint density at radius 3 is 2.93 bits per heavy atom. The Bertz CT molecular complexity index is 2010. The maximum atomic E-state index is 15.2. The first kappa shape index (κ1) is 27.0. The van der Waals surface area contributed by atoms with Crippen LogP contribution in [0, 0.1) is 12.7 Å². The predicted molar refractivity (Wildman–Crippen MR) is 159 cm³/mol. The lowest BCUT2D eigenvalue weighted by molar-refractivity contribution is 0.107. The molecule has 0 spiro atoms. The molecule has 0 aliphatic carbocycles. The number of hydrogen-bond donors (Lipinski definition) is 1. The van der Waals surface area contributed by atoms with E-state index in [4.69, 9.17) is 19.1 Å². The van der Waals surface area contributed by atoms with Gasteiger partial charge in [-0.1, -0.05) is 12.1 Å². The molecule has 44 heavy (non-hydrogen) atoms. The monoisotopic (exact) mass is 600 g/mol. The lowest BCUT2D eigenvalue weighted by Gasteiger charge is -2.31. The van der Waals surface area contributed by atoms with Gasteiger partial charge in [-0.15, -0.1) is 0 Å². The van der Waals surface area contributed by atoms with Crippen molar-refractivity contribution in [3.63, 3.8) is 0 Å². The molecule has 2 fully saturated rings. The van der Waals surface area contributed by atoms with E-state index >= 15 is 4.39 Å². The molecule has 8 rings (SSSR count). The number of ether oxygens (including phenoxy) is 1. The van der Waals surface area contributed by atoms with Crippen molar-refractivity contribution in [3.05, 3.63) is 70.1 Å². The highest BCUT2D eigenvalue weighted by Crippen LogP contribution is 2.41. The summed E-state index contributed by atoms with van der Waals surface area (Å²) in [6.45, 7) is 4.77. The largest absolute Gasteiger partial charge is 0.508 e. The van der Waals surface area contributed by atoms with Crippen LogP contribution in [0.4, 0.5) is 14.6 Å². The van der Waals surface area contributed by atoms with E-state index in [0.29, 0.717) is 54.9 Å². The summed E-state index contributed by atoms with van der Waals surface area (Å²) >= 11 is 0. The van der Waals surface area contributed by atoms with Gasteiger partial charge >= 0.3 is 11.6 Å². The summed E-state index contributed by atoms with van der Waals surface area (Å²) in [6.07, 6.45) is 3.03. The number of nitrogens with zero attached hydrogens (tertiary/aromatic N) is 6. The van der Waals surface area contributed by atoms with E-state index in [1.54, 1.807) is 25.3 Å². The highest BCUT2D eigenvalue weighted by molar-refractivity contribution is 6.00. The van der Waals surface area contributed by atoms with Gasteiger partial charge in [-0.2, -0.15) is 15.1 Å². The molecule has 0 bridgehead atoms. The number of rotatable bonds is 5. The van der Waals surface area contributed by atoms with Crippen LogP contribution in [0.5, 0.6) is 11.8 Å². The molecule has 2 atom stereocenters. The molecule has 2 saturated heterocycles. The molecule has 10 nitrogen and oxygen atoms in total. The minimum Gasteiger partial charge on any atom is -0.508 e. The molecule has 3 aliphatic heterocycles. The first-order valence-electron chi connectivity index (χ1n) is 14.8. The number of aromatic nitrogens is 4. The maximum Gasteiger partial charge on any atom is 0.349 e. The van der Waals surface area contributed by atoms with Crippen molar-refractivity contribution in [2.45, 2.75) is 51.0 Å². The van der Waals surface area contributed by atoms with E-state index in [1.165, 1.54) is 18.2 Å². The van der Waals surface area contributed by atoms with Gasteiger partial charge in [-0.05, 0) is 56.0 Å². The highest BCUT2D eigenvalue weighted by atomic mass is 19.1. The van der Waals surface area contributed by atoms with Gasteiger partial charge in [0.2, 0.25) is 0 Å². The van der Waals surface area contributed by atoms with Crippen molar-refractivity contribution in [2.75, 3.05) is 31.1 Å². The van der Waals surface area contributed by atoms with Gasteiger partial charge < -0.3 is 19.2 Å². The van der Waals surface area contributed by atoms with Crippen molar-refractivity contribution in [1.82, 2.24) is 24.6 Å². The van der Waals surface area contributed by atoms with E-state index in [2.05, 4.69) is 10.00 Å². The summed E-state index contributed by atoms with van der Waals surface area (Å²) in [5, 5.41) is 15.7. The Hall–Kier alpha value is -4.58. The Kier molecular flexibility index (Phi) is 6.12. The fraction of sp³-hybridized carbons (Fsp3) is 0.375. The number of hydrogen-bond acceptors (Lipinski definition) is 9. The number of phenols is 1. The standard InChI is InChI=1S/C32H30F2N6O4/c1-18-27-26(30(42)44-28(18)23-13-22(41)12-19-4-2-5-24(34)25(19)23)29(38-10-11-40-21(16-38)6-8-35-40)37-31(36-27)43-17-32-7-3-9-39(32)15-20(33)14-32/h2,4-6,8,12-13,20,41H,3,7,9-11,14-17H2,1H3/t20-,32+/m1/s1. The summed E-state index contributed by atoms with van der Waals surface area (Å²) in [7, 11) is 0. The number of phenolic OH excluding ortho intramolecular Hbond substituents is 1. The topological polar surface area (TPSA) is 110 Å². The Balaban J connectivity index is 1.30. The zero-order valence-electron chi connectivity index (χ0n) is 24.1. The summed E-state index contributed by atoms with van der Waals surface area (Å²) < 4.78 is 43.7. The first-order chi connectivity index (χ1) is 21.3. The number of fused-ring (bicyclic) bond motifs is 4. The number of halogens is 2. The molecule has 5 aromatic rings. The molecule has 12 heteroatoms. The zero-order chi connectivity index (χ0) is 30.2. The summed E-state index contributed by atoms with van der Waals surface area (Å²) in [5.74, 6) is -0.151. The molecule has 3 aliphatic rings. The van der Waals surface area contributed by atoms with Crippen LogP contribution in [-0.4, -0.2) is 67.7 Å². The van der Waals surface area contributed by atoms with Crippen LogP contribution in [-0.2, 0) is 13.1 Å².